The highest BCUT2D eigenvalue weighted by Crippen LogP contribution is 2.25. The topological polar surface area (TPSA) is 58.8 Å². The lowest BCUT2D eigenvalue weighted by Crippen LogP contribution is -2.19. The number of ether oxygens (including phenoxy) is 1. The van der Waals surface area contributed by atoms with Crippen LogP contribution < -0.4 is 4.74 Å². The molecule has 0 fully saturated rings. The molecule has 2 rings (SSSR count). The average Bonchev–Trinajstić information content (AvgIpc) is 2.46. The fraction of sp³-hybridized carbons (Fsp3) is 0.312. The molecule has 0 aliphatic rings. The molecule has 1 heterocycles. The lowest BCUT2D eigenvalue weighted by molar-refractivity contribution is 0.415. The van der Waals surface area contributed by atoms with Gasteiger partial charge in [0.1, 0.15) is 17.0 Å². The van der Waals surface area contributed by atoms with Gasteiger partial charge < -0.3 is 4.74 Å². The van der Waals surface area contributed by atoms with Gasteiger partial charge in [-0.15, -0.1) is 0 Å². The third-order valence-corrected chi connectivity index (χ3v) is 3.08. The number of nitriles is 1. The molecule has 2 aromatic rings. The monoisotopic (exact) mass is 267 g/mol. The zero-order valence-corrected chi connectivity index (χ0v) is 12.1. The predicted molar refractivity (Wildman–Crippen MR) is 77.4 cm³/mol. The predicted octanol–water partition coefficient (Wildman–Crippen LogP) is 3.26. The Kier molecular flexibility index (Phi) is 3.71. The maximum absolute atomic E-state index is 9.22. The van der Waals surface area contributed by atoms with E-state index in [0.717, 1.165) is 22.7 Å². The SMILES string of the molecule is COc1ccc(-c2cc(C)nc(C(C)(C)C#N)n2)cc1. The lowest BCUT2D eigenvalue weighted by atomic mass is 9.94. The summed E-state index contributed by atoms with van der Waals surface area (Å²) < 4.78 is 5.15. The third-order valence-electron chi connectivity index (χ3n) is 3.08. The fourth-order valence-electron chi connectivity index (χ4n) is 1.81. The Labute approximate surface area is 119 Å². The minimum absolute atomic E-state index is 0.547. The summed E-state index contributed by atoms with van der Waals surface area (Å²) in [5, 5.41) is 9.22. The summed E-state index contributed by atoms with van der Waals surface area (Å²) >= 11 is 0. The molecule has 0 unspecified atom stereocenters. The van der Waals surface area contributed by atoms with Gasteiger partial charge in [0.25, 0.3) is 0 Å². The fourth-order valence-corrected chi connectivity index (χ4v) is 1.81. The van der Waals surface area contributed by atoms with Crippen molar-refractivity contribution < 1.29 is 4.74 Å². The molecule has 0 radical (unpaired) electrons. The molecule has 1 aromatic carbocycles. The number of aryl methyl sites for hydroxylation is 1. The molecule has 102 valence electrons. The van der Waals surface area contributed by atoms with Gasteiger partial charge in [-0.3, -0.25) is 0 Å². The molecule has 0 atom stereocenters. The zero-order chi connectivity index (χ0) is 14.8. The Balaban J connectivity index is 2.49. The molecule has 4 heteroatoms. The van der Waals surface area contributed by atoms with Gasteiger partial charge in [-0.2, -0.15) is 5.26 Å². The second-order valence-electron chi connectivity index (χ2n) is 5.18. The van der Waals surface area contributed by atoms with E-state index in [1.807, 2.05) is 51.1 Å². The van der Waals surface area contributed by atoms with E-state index in [2.05, 4.69) is 16.0 Å². The Morgan fingerprint density at radius 3 is 2.35 bits per heavy atom. The van der Waals surface area contributed by atoms with Gasteiger partial charge in [0.2, 0.25) is 0 Å². The van der Waals surface area contributed by atoms with Crippen molar-refractivity contribution >= 4 is 0 Å². The minimum atomic E-state index is -0.701. The highest BCUT2D eigenvalue weighted by Gasteiger charge is 2.24. The van der Waals surface area contributed by atoms with E-state index in [9.17, 15) is 5.26 Å². The summed E-state index contributed by atoms with van der Waals surface area (Å²) in [5.74, 6) is 1.35. The van der Waals surface area contributed by atoms with Crippen molar-refractivity contribution in [3.63, 3.8) is 0 Å². The molecule has 20 heavy (non-hydrogen) atoms. The van der Waals surface area contributed by atoms with Crippen molar-refractivity contribution in [2.24, 2.45) is 0 Å². The standard InChI is InChI=1S/C16H17N3O/c1-11-9-14(12-5-7-13(20-4)8-6-12)19-15(18-11)16(2,3)10-17/h5-9H,1-4H3. The number of nitrogens with zero attached hydrogens (tertiary/aromatic N) is 3. The Bertz CT molecular complexity index is 654. The first-order valence-corrected chi connectivity index (χ1v) is 6.38. The quantitative estimate of drug-likeness (QED) is 0.856. The second-order valence-corrected chi connectivity index (χ2v) is 5.18. The molecule has 1 aromatic heterocycles. The molecule has 0 spiro atoms. The van der Waals surface area contributed by atoms with E-state index in [1.165, 1.54) is 0 Å². The van der Waals surface area contributed by atoms with Gasteiger partial charge in [0.05, 0.1) is 18.9 Å². The number of benzene rings is 1. The average molecular weight is 267 g/mol. The lowest BCUT2D eigenvalue weighted by Gasteiger charge is -2.15. The van der Waals surface area contributed by atoms with E-state index in [1.54, 1.807) is 7.11 Å². The van der Waals surface area contributed by atoms with E-state index in [-0.39, 0.29) is 0 Å². The maximum atomic E-state index is 9.22. The highest BCUT2D eigenvalue weighted by atomic mass is 16.5. The van der Waals surface area contributed by atoms with Crippen LogP contribution in [0.5, 0.6) is 5.75 Å². The molecular weight excluding hydrogens is 250 g/mol. The number of hydrogen-bond donors (Lipinski definition) is 0. The summed E-state index contributed by atoms with van der Waals surface area (Å²) in [7, 11) is 1.64. The first kappa shape index (κ1) is 14.0. The van der Waals surface area contributed by atoms with Crippen molar-refractivity contribution in [3.8, 4) is 23.1 Å². The van der Waals surface area contributed by atoms with Crippen LogP contribution in [-0.2, 0) is 5.41 Å². The van der Waals surface area contributed by atoms with Gasteiger partial charge in [-0.25, -0.2) is 9.97 Å². The largest absolute Gasteiger partial charge is 0.497 e. The number of hydrogen-bond acceptors (Lipinski definition) is 4. The Morgan fingerprint density at radius 1 is 1.15 bits per heavy atom. The summed E-state index contributed by atoms with van der Waals surface area (Å²) in [4.78, 5) is 8.90. The van der Waals surface area contributed by atoms with Crippen molar-refractivity contribution in [3.05, 3.63) is 41.9 Å². The summed E-state index contributed by atoms with van der Waals surface area (Å²) in [6.45, 7) is 5.55. The van der Waals surface area contributed by atoms with E-state index >= 15 is 0 Å². The van der Waals surface area contributed by atoms with Crippen molar-refractivity contribution in [2.75, 3.05) is 7.11 Å². The van der Waals surface area contributed by atoms with Crippen LogP contribution in [0.2, 0.25) is 0 Å². The molecule has 0 N–H and O–H groups in total. The van der Waals surface area contributed by atoms with E-state index < -0.39 is 5.41 Å². The van der Waals surface area contributed by atoms with Crippen molar-refractivity contribution in [2.45, 2.75) is 26.2 Å². The van der Waals surface area contributed by atoms with Crippen molar-refractivity contribution in [1.82, 2.24) is 9.97 Å². The van der Waals surface area contributed by atoms with Crippen molar-refractivity contribution in [1.29, 1.82) is 5.26 Å². The summed E-state index contributed by atoms with van der Waals surface area (Å²) in [6.07, 6.45) is 0. The van der Waals surface area contributed by atoms with Crippen LogP contribution >= 0.6 is 0 Å². The molecule has 0 saturated heterocycles. The highest BCUT2D eigenvalue weighted by molar-refractivity contribution is 5.60. The van der Waals surface area contributed by atoms with Crippen LogP contribution in [0.3, 0.4) is 0 Å². The van der Waals surface area contributed by atoms with Crippen LogP contribution in [0.1, 0.15) is 25.4 Å². The van der Waals surface area contributed by atoms with E-state index in [0.29, 0.717) is 5.82 Å². The minimum Gasteiger partial charge on any atom is -0.497 e. The Morgan fingerprint density at radius 2 is 1.80 bits per heavy atom. The Hall–Kier alpha value is -2.41. The van der Waals surface area contributed by atoms with Gasteiger partial charge in [0, 0.05) is 11.3 Å². The van der Waals surface area contributed by atoms with Gasteiger partial charge >= 0.3 is 0 Å². The molecule has 0 aliphatic heterocycles. The van der Waals surface area contributed by atoms with Crippen LogP contribution in [-0.4, -0.2) is 17.1 Å². The number of methoxy groups -OCH3 is 1. The third kappa shape index (κ3) is 2.77. The van der Waals surface area contributed by atoms with Crippen LogP contribution in [0.25, 0.3) is 11.3 Å². The number of aromatic nitrogens is 2. The molecular formula is C16H17N3O. The maximum Gasteiger partial charge on any atom is 0.148 e. The first-order chi connectivity index (χ1) is 9.46. The van der Waals surface area contributed by atoms with Gasteiger partial charge in [0.15, 0.2) is 0 Å². The van der Waals surface area contributed by atoms with Gasteiger partial charge in [-0.1, -0.05) is 0 Å². The number of rotatable bonds is 3. The zero-order valence-electron chi connectivity index (χ0n) is 12.1. The molecule has 0 aliphatic carbocycles. The summed E-state index contributed by atoms with van der Waals surface area (Å²) in [6, 6.07) is 11.8. The molecule has 0 amide bonds. The molecule has 0 bridgehead atoms. The second kappa shape index (κ2) is 5.30. The molecule has 4 nitrogen and oxygen atoms in total. The van der Waals surface area contributed by atoms with Gasteiger partial charge in [-0.05, 0) is 51.1 Å². The molecule has 0 saturated carbocycles. The van der Waals surface area contributed by atoms with Crippen LogP contribution in [0.15, 0.2) is 30.3 Å². The summed E-state index contributed by atoms with van der Waals surface area (Å²) in [5.41, 5.74) is 1.95. The van der Waals surface area contributed by atoms with Crippen LogP contribution in [0, 0.1) is 18.3 Å². The van der Waals surface area contributed by atoms with Crippen LogP contribution in [0.4, 0.5) is 0 Å². The first-order valence-electron chi connectivity index (χ1n) is 6.38. The normalized spacial score (nSPS) is 10.9. The van der Waals surface area contributed by atoms with E-state index in [4.69, 9.17) is 4.74 Å². The smallest absolute Gasteiger partial charge is 0.148 e.